The predicted molar refractivity (Wildman–Crippen MR) is 127 cm³/mol. The van der Waals surface area contributed by atoms with Crippen LogP contribution in [-0.2, 0) is 9.59 Å². The van der Waals surface area contributed by atoms with Crippen LogP contribution in [-0.4, -0.2) is 42.4 Å². The molecular formula is C25H18ClF3N2O6. The van der Waals surface area contributed by atoms with E-state index in [1.54, 1.807) is 0 Å². The number of carbonyl (C=O) groups excluding carboxylic acids is 2. The van der Waals surface area contributed by atoms with Crippen molar-refractivity contribution in [1.82, 2.24) is 4.98 Å². The van der Waals surface area contributed by atoms with Crippen molar-refractivity contribution >= 4 is 34.7 Å². The highest BCUT2D eigenvalue weighted by Crippen LogP contribution is 2.45. The van der Waals surface area contributed by atoms with Gasteiger partial charge in [-0.25, -0.2) is 0 Å². The lowest BCUT2D eigenvalue weighted by atomic mass is 9.95. The SMILES string of the molecule is COc1cc(/C(O)=C2\C(=O)C(=O)N(c3cccc(OC(F)(F)F)c3)C2c2ccncc2)c(OC)cc1Cl. The number of anilines is 1. The molecule has 1 amide bonds. The summed E-state index contributed by atoms with van der Waals surface area (Å²) in [6.45, 7) is 0. The van der Waals surface area contributed by atoms with Gasteiger partial charge in [-0.05, 0) is 35.9 Å². The van der Waals surface area contributed by atoms with Crippen LogP contribution in [0, 0.1) is 0 Å². The number of pyridine rings is 1. The Hall–Kier alpha value is -4.25. The minimum atomic E-state index is -4.97. The van der Waals surface area contributed by atoms with Gasteiger partial charge in [-0.15, -0.1) is 13.2 Å². The fourth-order valence-corrected chi connectivity index (χ4v) is 4.21. The molecule has 0 spiro atoms. The van der Waals surface area contributed by atoms with Crippen molar-refractivity contribution in [3.05, 3.63) is 82.6 Å². The van der Waals surface area contributed by atoms with Gasteiger partial charge in [0, 0.05) is 30.2 Å². The lowest BCUT2D eigenvalue weighted by Gasteiger charge is -2.26. The number of amides is 1. The molecule has 1 unspecified atom stereocenters. The van der Waals surface area contributed by atoms with Gasteiger partial charge in [0.15, 0.2) is 0 Å². The summed E-state index contributed by atoms with van der Waals surface area (Å²) in [5, 5.41) is 11.5. The number of carbonyl (C=O) groups is 2. The number of Topliss-reactive ketones (excluding diaryl/α,β-unsaturated/α-hetero) is 1. The highest BCUT2D eigenvalue weighted by Gasteiger charge is 2.47. The molecule has 8 nitrogen and oxygen atoms in total. The average molecular weight is 535 g/mol. The Morgan fingerprint density at radius 2 is 1.70 bits per heavy atom. The van der Waals surface area contributed by atoms with Gasteiger partial charge >= 0.3 is 6.36 Å². The van der Waals surface area contributed by atoms with E-state index in [0.717, 1.165) is 17.0 Å². The number of hydrogen-bond acceptors (Lipinski definition) is 7. The standard InChI is InChI=1S/C25H18ClF3N2O6/c1-35-18-12-17(26)19(36-2)11-16(18)22(32)20-21(13-6-8-30-9-7-13)31(24(34)23(20)33)14-4-3-5-15(10-14)37-25(27,28)29/h3-12,21,32H,1-2H3/b22-20+. The Labute approximate surface area is 213 Å². The molecule has 2 heterocycles. The van der Waals surface area contributed by atoms with Crippen LogP contribution < -0.4 is 19.1 Å². The van der Waals surface area contributed by atoms with Crippen LogP contribution >= 0.6 is 11.6 Å². The van der Waals surface area contributed by atoms with Crippen molar-refractivity contribution in [2.75, 3.05) is 19.1 Å². The topological polar surface area (TPSA) is 98.2 Å². The quantitative estimate of drug-likeness (QED) is 0.261. The third-order valence-electron chi connectivity index (χ3n) is 5.52. The normalized spacial score (nSPS) is 17.1. The van der Waals surface area contributed by atoms with Gasteiger partial charge in [-0.3, -0.25) is 19.5 Å². The molecule has 0 aliphatic carbocycles. The summed E-state index contributed by atoms with van der Waals surface area (Å²) in [7, 11) is 2.67. The Kier molecular flexibility index (Phi) is 6.99. The Bertz CT molecular complexity index is 1390. The Morgan fingerprint density at radius 3 is 2.32 bits per heavy atom. The summed E-state index contributed by atoms with van der Waals surface area (Å²) in [5.41, 5.74) is -0.0286. The monoisotopic (exact) mass is 534 g/mol. The van der Waals surface area contributed by atoms with E-state index in [-0.39, 0.29) is 33.3 Å². The van der Waals surface area contributed by atoms with Gasteiger partial charge < -0.3 is 19.3 Å². The first-order chi connectivity index (χ1) is 17.6. The van der Waals surface area contributed by atoms with Crippen LogP contribution in [0.2, 0.25) is 5.02 Å². The number of methoxy groups -OCH3 is 2. The highest BCUT2D eigenvalue weighted by molar-refractivity contribution is 6.51. The smallest absolute Gasteiger partial charge is 0.507 e. The maximum absolute atomic E-state index is 13.3. The van der Waals surface area contributed by atoms with Crippen molar-refractivity contribution in [3.63, 3.8) is 0 Å². The fraction of sp³-hybridized carbons (Fsp3) is 0.160. The summed E-state index contributed by atoms with van der Waals surface area (Å²) < 4.78 is 52.9. The number of aromatic nitrogens is 1. The van der Waals surface area contributed by atoms with Gasteiger partial charge in [-0.1, -0.05) is 17.7 Å². The number of alkyl halides is 3. The number of benzene rings is 2. The molecule has 1 atom stereocenters. The van der Waals surface area contributed by atoms with Gasteiger partial charge in [0.2, 0.25) is 0 Å². The number of ketones is 1. The molecule has 37 heavy (non-hydrogen) atoms. The maximum atomic E-state index is 13.3. The number of nitrogens with zero attached hydrogens (tertiary/aromatic N) is 2. The summed E-state index contributed by atoms with van der Waals surface area (Å²) >= 11 is 6.15. The van der Waals surface area contributed by atoms with E-state index < -0.39 is 35.6 Å². The molecule has 4 rings (SSSR count). The first-order valence-corrected chi connectivity index (χ1v) is 10.9. The highest BCUT2D eigenvalue weighted by atomic mass is 35.5. The molecule has 1 N–H and O–H groups in total. The number of ether oxygens (including phenoxy) is 3. The average Bonchev–Trinajstić information content (AvgIpc) is 3.13. The molecule has 0 bridgehead atoms. The van der Waals surface area contributed by atoms with Crippen molar-refractivity contribution < 1.29 is 42.1 Å². The van der Waals surface area contributed by atoms with Crippen molar-refractivity contribution in [2.24, 2.45) is 0 Å². The van der Waals surface area contributed by atoms with Gasteiger partial charge in [0.05, 0.1) is 36.4 Å². The number of rotatable bonds is 6. The molecule has 3 aromatic rings. The Balaban J connectivity index is 1.94. The second-order valence-corrected chi connectivity index (χ2v) is 8.09. The van der Waals surface area contributed by atoms with E-state index in [4.69, 9.17) is 21.1 Å². The minimum absolute atomic E-state index is 0.00922. The van der Waals surface area contributed by atoms with Gasteiger partial charge in [0.25, 0.3) is 11.7 Å². The van der Waals surface area contributed by atoms with E-state index >= 15 is 0 Å². The summed E-state index contributed by atoms with van der Waals surface area (Å²) in [6, 6.07) is 9.10. The van der Waals surface area contributed by atoms with Crippen molar-refractivity contribution in [2.45, 2.75) is 12.4 Å². The van der Waals surface area contributed by atoms with Crippen LogP contribution in [0.15, 0.2) is 66.5 Å². The van der Waals surface area contributed by atoms with E-state index in [2.05, 4.69) is 9.72 Å². The second-order valence-electron chi connectivity index (χ2n) is 7.68. The van der Waals surface area contributed by atoms with E-state index in [0.29, 0.717) is 5.56 Å². The van der Waals surface area contributed by atoms with E-state index in [1.165, 1.54) is 63.0 Å². The Morgan fingerprint density at radius 1 is 1.03 bits per heavy atom. The van der Waals surface area contributed by atoms with Crippen LogP contribution in [0.1, 0.15) is 17.2 Å². The van der Waals surface area contributed by atoms with Crippen LogP contribution in [0.4, 0.5) is 18.9 Å². The van der Waals surface area contributed by atoms with Crippen molar-refractivity contribution in [3.8, 4) is 17.2 Å². The molecule has 1 fully saturated rings. The molecule has 1 aliphatic rings. The largest absolute Gasteiger partial charge is 0.573 e. The lowest BCUT2D eigenvalue weighted by Crippen LogP contribution is -2.29. The predicted octanol–water partition coefficient (Wildman–Crippen LogP) is 5.28. The lowest BCUT2D eigenvalue weighted by molar-refractivity contribution is -0.274. The molecule has 192 valence electrons. The fourth-order valence-electron chi connectivity index (χ4n) is 3.98. The molecule has 12 heteroatoms. The molecule has 0 saturated carbocycles. The minimum Gasteiger partial charge on any atom is -0.507 e. The number of aliphatic hydroxyl groups is 1. The molecule has 1 aromatic heterocycles. The third-order valence-corrected chi connectivity index (χ3v) is 5.82. The molecular weight excluding hydrogens is 517 g/mol. The van der Waals surface area contributed by atoms with Gasteiger partial charge in [0.1, 0.15) is 23.0 Å². The summed E-state index contributed by atoms with van der Waals surface area (Å²) in [5.74, 6) is -3.09. The number of halogens is 4. The third kappa shape index (κ3) is 5.03. The zero-order valence-electron chi connectivity index (χ0n) is 19.2. The maximum Gasteiger partial charge on any atom is 0.573 e. The number of aliphatic hydroxyl groups excluding tert-OH is 1. The molecule has 2 aromatic carbocycles. The van der Waals surface area contributed by atoms with Gasteiger partial charge in [-0.2, -0.15) is 0 Å². The van der Waals surface area contributed by atoms with Crippen LogP contribution in [0.3, 0.4) is 0 Å². The second kappa shape index (κ2) is 10.0. The van der Waals surface area contributed by atoms with E-state index in [9.17, 15) is 27.9 Å². The van der Waals surface area contributed by atoms with Crippen LogP contribution in [0.5, 0.6) is 17.2 Å². The summed E-state index contributed by atoms with van der Waals surface area (Å²) in [6.07, 6.45) is -2.16. The van der Waals surface area contributed by atoms with Crippen LogP contribution in [0.25, 0.3) is 5.76 Å². The zero-order chi connectivity index (χ0) is 26.9. The molecule has 1 saturated heterocycles. The molecule has 1 aliphatic heterocycles. The van der Waals surface area contributed by atoms with E-state index in [1.807, 2.05) is 0 Å². The first kappa shape index (κ1) is 25.8. The first-order valence-electron chi connectivity index (χ1n) is 10.5. The summed E-state index contributed by atoms with van der Waals surface area (Å²) in [4.78, 5) is 31.4. The molecule has 0 radical (unpaired) electrons. The number of hydrogen-bond donors (Lipinski definition) is 1. The van der Waals surface area contributed by atoms with Crippen molar-refractivity contribution in [1.29, 1.82) is 0 Å². The zero-order valence-corrected chi connectivity index (χ0v) is 20.0.